The predicted octanol–water partition coefficient (Wildman–Crippen LogP) is 4.09. The molecule has 4 aromatic rings. The summed E-state index contributed by atoms with van der Waals surface area (Å²) in [6.07, 6.45) is 1.70. The smallest absolute Gasteiger partial charge is 0.145 e. The maximum absolute atomic E-state index is 10.5. The van der Waals surface area contributed by atoms with Gasteiger partial charge in [0.1, 0.15) is 17.2 Å². The molecule has 4 rings (SSSR count). The number of benzene rings is 2. The number of rotatable bonds is 3. The second-order valence-corrected chi connectivity index (χ2v) is 6.23. The summed E-state index contributed by atoms with van der Waals surface area (Å²) in [6, 6.07) is 12.1. The van der Waals surface area contributed by atoms with Gasteiger partial charge in [0.25, 0.3) is 0 Å². The molecule has 0 saturated heterocycles. The SMILES string of the molecule is CCCc1nc2c(C)cc(-c3nc4ccccc4n3C)cc2n1O. The summed E-state index contributed by atoms with van der Waals surface area (Å²) < 4.78 is 3.30. The van der Waals surface area contributed by atoms with Crippen molar-refractivity contribution in [3.05, 3.63) is 47.8 Å². The molecule has 0 aliphatic rings. The van der Waals surface area contributed by atoms with Crippen LogP contribution < -0.4 is 0 Å². The van der Waals surface area contributed by atoms with E-state index in [1.54, 1.807) is 0 Å². The zero-order chi connectivity index (χ0) is 16.8. The van der Waals surface area contributed by atoms with Crippen molar-refractivity contribution in [1.29, 1.82) is 0 Å². The second kappa shape index (κ2) is 5.37. The van der Waals surface area contributed by atoms with Gasteiger partial charge in [-0.3, -0.25) is 0 Å². The van der Waals surface area contributed by atoms with E-state index >= 15 is 0 Å². The van der Waals surface area contributed by atoms with Gasteiger partial charge in [-0.2, -0.15) is 4.73 Å². The number of hydrogen-bond donors (Lipinski definition) is 1. The van der Waals surface area contributed by atoms with Crippen LogP contribution in [0, 0.1) is 6.92 Å². The molecule has 0 unspecified atom stereocenters. The van der Waals surface area contributed by atoms with Crippen molar-refractivity contribution >= 4 is 22.1 Å². The summed E-state index contributed by atoms with van der Waals surface area (Å²) in [5.74, 6) is 1.59. The van der Waals surface area contributed by atoms with E-state index in [9.17, 15) is 5.21 Å². The van der Waals surface area contributed by atoms with E-state index in [4.69, 9.17) is 4.98 Å². The normalized spacial score (nSPS) is 11.6. The third kappa shape index (κ3) is 2.08. The van der Waals surface area contributed by atoms with Crippen molar-refractivity contribution in [2.24, 2.45) is 7.05 Å². The Balaban J connectivity index is 1.96. The van der Waals surface area contributed by atoms with Gasteiger partial charge in [0.05, 0.1) is 16.6 Å². The Hall–Kier alpha value is -2.82. The van der Waals surface area contributed by atoms with Gasteiger partial charge in [0, 0.05) is 19.0 Å². The highest BCUT2D eigenvalue weighted by molar-refractivity contribution is 5.87. The molecular weight excluding hydrogens is 300 g/mol. The number of hydrogen-bond acceptors (Lipinski definition) is 3. The Labute approximate surface area is 140 Å². The minimum atomic E-state index is 0.706. The largest absolute Gasteiger partial charge is 0.427 e. The minimum Gasteiger partial charge on any atom is -0.427 e. The number of aromatic nitrogens is 4. The van der Waals surface area contributed by atoms with Crippen molar-refractivity contribution in [1.82, 2.24) is 19.3 Å². The maximum atomic E-state index is 10.5. The molecule has 0 aliphatic carbocycles. The average Bonchev–Trinajstić information content (AvgIpc) is 3.08. The molecule has 2 aromatic heterocycles. The standard InChI is InChI=1S/C19H20N4O/c1-4-7-17-21-18-12(2)10-13(11-16(18)23(17)24)19-20-14-8-5-6-9-15(14)22(19)3/h5-6,8-11,24H,4,7H2,1-3H3. The third-order valence-electron chi connectivity index (χ3n) is 4.51. The van der Waals surface area contributed by atoms with Crippen molar-refractivity contribution in [2.45, 2.75) is 26.7 Å². The van der Waals surface area contributed by atoms with Gasteiger partial charge in [-0.15, -0.1) is 0 Å². The molecule has 0 aliphatic heterocycles. The van der Waals surface area contributed by atoms with Gasteiger partial charge >= 0.3 is 0 Å². The number of aryl methyl sites for hydroxylation is 3. The predicted molar refractivity (Wildman–Crippen MR) is 95.4 cm³/mol. The molecule has 2 aromatic carbocycles. The molecule has 0 amide bonds. The quantitative estimate of drug-likeness (QED) is 0.578. The molecule has 5 heteroatoms. The van der Waals surface area contributed by atoms with Crippen molar-refractivity contribution in [3.63, 3.8) is 0 Å². The summed E-state index contributed by atoms with van der Waals surface area (Å²) in [7, 11) is 2.02. The van der Waals surface area contributed by atoms with Crippen LogP contribution in [0.15, 0.2) is 36.4 Å². The first-order chi connectivity index (χ1) is 11.6. The first-order valence-corrected chi connectivity index (χ1v) is 8.23. The van der Waals surface area contributed by atoms with Gasteiger partial charge in [0.2, 0.25) is 0 Å². The summed E-state index contributed by atoms with van der Waals surface area (Å²) >= 11 is 0. The van der Waals surface area contributed by atoms with Gasteiger partial charge < -0.3 is 9.77 Å². The maximum Gasteiger partial charge on any atom is 0.145 e. The zero-order valence-corrected chi connectivity index (χ0v) is 14.1. The lowest BCUT2D eigenvalue weighted by Gasteiger charge is -2.05. The fourth-order valence-electron chi connectivity index (χ4n) is 3.30. The molecule has 5 nitrogen and oxygen atoms in total. The summed E-state index contributed by atoms with van der Waals surface area (Å²) in [5.41, 5.74) is 5.67. The van der Waals surface area contributed by atoms with Crippen LogP contribution >= 0.6 is 0 Å². The molecule has 0 spiro atoms. The molecule has 0 saturated carbocycles. The second-order valence-electron chi connectivity index (χ2n) is 6.23. The van der Waals surface area contributed by atoms with Crippen LogP contribution in [0.5, 0.6) is 0 Å². The average molecular weight is 320 g/mol. The first kappa shape index (κ1) is 14.8. The van der Waals surface area contributed by atoms with Gasteiger partial charge in [-0.05, 0) is 43.2 Å². The number of imidazole rings is 2. The van der Waals surface area contributed by atoms with E-state index in [1.807, 2.05) is 38.2 Å². The Morgan fingerprint density at radius 1 is 1.08 bits per heavy atom. The van der Waals surface area contributed by atoms with Crippen LogP contribution in [0.3, 0.4) is 0 Å². The first-order valence-electron chi connectivity index (χ1n) is 8.23. The molecule has 122 valence electrons. The summed E-state index contributed by atoms with van der Waals surface area (Å²) in [6.45, 7) is 4.11. The van der Waals surface area contributed by atoms with Crippen LogP contribution in [-0.4, -0.2) is 24.5 Å². The lowest BCUT2D eigenvalue weighted by atomic mass is 10.1. The van der Waals surface area contributed by atoms with Gasteiger partial charge in [0.15, 0.2) is 0 Å². The molecular formula is C19H20N4O. The molecule has 0 radical (unpaired) electrons. The van der Waals surface area contributed by atoms with Crippen LogP contribution in [0.25, 0.3) is 33.5 Å². The van der Waals surface area contributed by atoms with E-state index < -0.39 is 0 Å². The number of nitrogens with zero attached hydrogens (tertiary/aromatic N) is 4. The van der Waals surface area contributed by atoms with Crippen LogP contribution in [0.2, 0.25) is 0 Å². The minimum absolute atomic E-state index is 0.706. The Morgan fingerprint density at radius 3 is 2.62 bits per heavy atom. The van der Waals surface area contributed by atoms with E-state index in [0.717, 1.165) is 51.9 Å². The molecule has 24 heavy (non-hydrogen) atoms. The Morgan fingerprint density at radius 2 is 1.88 bits per heavy atom. The van der Waals surface area contributed by atoms with E-state index in [1.165, 1.54) is 4.73 Å². The highest BCUT2D eigenvalue weighted by Gasteiger charge is 2.16. The Kier molecular flexibility index (Phi) is 3.30. The fourth-order valence-corrected chi connectivity index (χ4v) is 3.30. The van der Waals surface area contributed by atoms with Gasteiger partial charge in [-0.1, -0.05) is 19.1 Å². The number of fused-ring (bicyclic) bond motifs is 2. The van der Waals surface area contributed by atoms with E-state index in [-0.39, 0.29) is 0 Å². The van der Waals surface area contributed by atoms with Crippen molar-refractivity contribution in [3.8, 4) is 11.4 Å². The highest BCUT2D eigenvalue weighted by atomic mass is 16.5. The highest BCUT2D eigenvalue weighted by Crippen LogP contribution is 2.29. The van der Waals surface area contributed by atoms with Crippen LogP contribution in [0.1, 0.15) is 24.7 Å². The molecule has 0 bridgehead atoms. The zero-order valence-electron chi connectivity index (χ0n) is 14.1. The summed E-state index contributed by atoms with van der Waals surface area (Å²) in [4.78, 5) is 9.34. The lowest BCUT2D eigenvalue weighted by molar-refractivity contribution is 0.187. The molecule has 2 heterocycles. The van der Waals surface area contributed by atoms with Gasteiger partial charge in [-0.25, -0.2) is 9.97 Å². The number of para-hydroxylation sites is 2. The van der Waals surface area contributed by atoms with Crippen molar-refractivity contribution < 1.29 is 5.21 Å². The van der Waals surface area contributed by atoms with E-state index in [0.29, 0.717) is 5.82 Å². The fraction of sp³-hybridized carbons (Fsp3) is 0.263. The monoisotopic (exact) mass is 320 g/mol. The topological polar surface area (TPSA) is 55.9 Å². The van der Waals surface area contributed by atoms with Crippen molar-refractivity contribution in [2.75, 3.05) is 0 Å². The molecule has 0 atom stereocenters. The van der Waals surface area contributed by atoms with Crippen LogP contribution in [-0.2, 0) is 13.5 Å². The van der Waals surface area contributed by atoms with E-state index in [2.05, 4.69) is 28.6 Å². The van der Waals surface area contributed by atoms with Crippen LogP contribution in [0.4, 0.5) is 0 Å². The lowest BCUT2D eigenvalue weighted by Crippen LogP contribution is -1.98. The summed E-state index contributed by atoms with van der Waals surface area (Å²) in [5, 5.41) is 10.5. The molecule has 0 fully saturated rings. The third-order valence-corrected chi connectivity index (χ3v) is 4.51. The molecule has 1 N–H and O–H groups in total. The Bertz CT molecular complexity index is 1060.